The minimum absolute atomic E-state index is 0.505. The molecule has 2 aliphatic heterocycles. The second-order valence-corrected chi connectivity index (χ2v) is 5.17. The van der Waals surface area contributed by atoms with Crippen LogP contribution in [0.5, 0.6) is 0 Å². The van der Waals surface area contributed by atoms with Gasteiger partial charge >= 0.3 is 0 Å². The first-order chi connectivity index (χ1) is 6.20. The second-order valence-electron chi connectivity index (χ2n) is 5.17. The molecule has 0 bridgehead atoms. The molecule has 0 aromatic heterocycles. The first-order valence-electron chi connectivity index (χ1n) is 5.47. The molecule has 1 spiro atoms. The molecule has 0 amide bonds. The van der Waals surface area contributed by atoms with E-state index in [-0.39, 0.29) is 0 Å². The molecule has 13 heavy (non-hydrogen) atoms. The van der Waals surface area contributed by atoms with Gasteiger partial charge in [-0.15, -0.1) is 0 Å². The van der Waals surface area contributed by atoms with Crippen LogP contribution < -0.4 is 0 Å². The van der Waals surface area contributed by atoms with Crippen LogP contribution in [0.3, 0.4) is 0 Å². The molecule has 2 fully saturated rings. The summed E-state index contributed by atoms with van der Waals surface area (Å²) in [5, 5.41) is 0. The highest BCUT2D eigenvalue weighted by Gasteiger charge is 2.38. The van der Waals surface area contributed by atoms with Gasteiger partial charge in [0.15, 0.2) is 0 Å². The van der Waals surface area contributed by atoms with E-state index in [0.29, 0.717) is 5.41 Å². The predicted molar refractivity (Wildman–Crippen MR) is 53.8 cm³/mol. The molecule has 0 N–H and O–H groups in total. The predicted octanol–water partition coefficient (Wildman–Crippen LogP) is 1.75. The number of hydrogen-bond acceptors (Lipinski definition) is 2. The zero-order valence-electron chi connectivity index (χ0n) is 8.88. The van der Waals surface area contributed by atoms with Crippen LogP contribution in [0, 0.1) is 11.3 Å². The standard InChI is InChI=1S/C11H21NO/c1-10-6-11(9-13-7-10)4-3-5-12(2)8-11/h10H,3-9H2,1-2H3. The van der Waals surface area contributed by atoms with Gasteiger partial charge in [-0.2, -0.15) is 0 Å². The van der Waals surface area contributed by atoms with Crippen molar-refractivity contribution in [1.82, 2.24) is 4.90 Å². The van der Waals surface area contributed by atoms with Gasteiger partial charge in [0, 0.05) is 18.6 Å². The molecule has 0 saturated carbocycles. The van der Waals surface area contributed by atoms with Crippen LogP contribution in [0.4, 0.5) is 0 Å². The zero-order valence-corrected chi connectivity index (χ0v) is 8.88. The summed E-state index contributed by atoms with van der Waals surface area (Å²) in [7, 11) is 2.24. The van der Waals surface area contributed by atoms with Gasteiger partial charge in [0.05, 0.1) is 6.61 Å². The van der Waals surface area contributed by atoms with E-state index < -0.39 is 0 Å². The van der Waals surface area contributed by atoms with Gasteiger partial charge in [-0.05, 0) is 38.8 Å². The number of hydrogen-bond donors (Lipinski definition) is 0. The Bertz CT molecular complexity index is 161. The average Bonchev–Trinajstić information content (AvgIpc) is 2.02. The summed E-state index contributed by atoms with van der Waals surface area (Å²) in [4.78, 5) is 2.46. The molecular formula is C11H21NO. The van der Waals surface area contributed by atoms with E-state index in [1.807, 2.05) is 0 Å². The number of likely N-dealkylation sites (tertiary alicyclic amines) is 1. The van der Waals surface area contributed by atoms with E-state index >= 15 is 0 Å². The molecule has 2 rings (SSSR count). The van der Waals surface area contributed by atoms with Crippen LogP contribution in [-0.2, 0) is 4.74 Å². The topological polar surface area (TPSA) is 12.5 Å². The van der Waals surface area contributed by atoms with Crippen molar-refractivity contribution in [2.45, 2.75) is 26.2 Å². The molecule has 0 aliphatic carbocycles. The van der Waals surface area contributed by atoms with Crippen molar-refractivity contribution in [3.63, 3.8) is 0 Å². The Morgan fingerprint density at radius 1 is 1.46 bits per heavy atom. The molecule has 0 aromatic carbocycles. The summed E-state index contributed by atoms with van der Waals surface area (Å²) in [5.74, 6) is 0.764. The van der Waals surface area contributed by atoms with Crippen LogP contribution >= 0.6 is 0 Å². The monoisotopic (exact) mass is 183 g/mol. The summed E-state index contributed by atoms with van der Waals surface area (Å²) in [6.45, 7) is 6.82. The summed E-state index contributed by atoms with van der Waals surface area (Å²) in [5.41, 5.74) is 0.505. The second kappa shape index (κ2) is 3.58. The highest BCUT2D eigenvalue weighted by molar-refractivity contribution is 4.89. The molecule has 0 aromatic rings. The lowest BCUT2D eigenvalue weighted by molar-refractivity contribution is -0.0679. The molecule has 76 valence electrons. The largest absolute Gasteiger partial charge is 0.381 e. The fourth-order valence-electron chi connectivity index (χ4n) is 3.07. The summed E-state index contributed by atoms with van der Waals surface area (Å²) in [6, 6.07) is 0. The Kier molecular flexibility index (Phi) is 2.61. The summed E-state index contributed by atoms with van der Waals surface area (Å²) in [6.07, 6.45) is 4.10. The molecule has 2 nitrogen and oxygen atoms in total. The highest BCUT2D eigenvalue weighted by Crippen LogP contribution is 2.38. The van der Waals surface area contributed by atoms with Crippen molar-refractivity contribution >= 4 is 0 Å². The minimum atomic E-state index is 0.505. The molecule has 2 saturated heterocycles. The van der Waals surface area contributed by atoms with E-state index in [2.05, 4.69) is 18.9 Å². The minimum Gasteiger partial charge on any atom is -0.381 e. The molecule has 2 unspecified atom stereocenters. The molecule has 2 heterocycles. The quantitative estimate of drug-likeness (QED) is 0.567. The SMILES string of the molecule is CC1COCC2(CCCN(C)C2)C1. The zero-order chi connectivity index (χ0) is 9.31. The van der Waals surface area contributed by atoms with Crippen LogP contribution in [0.15, 0.2) is 0 Å². The third-order valence-electron chi connectivity index (χ3n) is 3.44. The average molecular weight is 183 g/mol. The Morgan fingerprint density at radius 2 is 2.31 bits per heavy atom. The number of nitrogens with zero attached hydrogens (tertiary/aromatic N) is 1. The van der Waals surface area contributed by atoms with Gasteiger partial charge < -0.3 is 9.64 Å². The van der Waals surface area contributed by atoms with Gasteiger partial charge in [-0.25, -0.2) is 0 Å². The maximum Gasteiger partial charge on any atom is 0.0534 e. The summed E-state index contributed by atoms with van der Waals surface area (Å²) < 4.78 is 5.70. The highest BCUT2D eigenvalue weighted by atomic mass is 16.5. The first kappa shape index (κ1) is 9.47. The Morgan fingerprint density at radius 3 is 3.00 bits per heavy atom. The lowest BCUT2D eigenvalue weighted by Crippen LogP contribution is -2.47. The van der Waals surface area contributed by atoms with Gasteiger partial charge in [0.1, 0.15) is 0 Å². The van der Waals surface area contributed by atoms with Crippen molar-refractivity contribution in [1.29, 1.82) is 0 Å². The van der Waals surface area contributed by atoms with Crippen LogP contribution in [0.2, 0.25) is 0 Å². The van der Waals surface area contributed by atoms with Crippen molar-refractivity contribution in [2.75, 3.05) is 33.4 Å². The van der Waals surface area contributed by atoms with Crippen LogP contribution in [0.25, 0.3) is 0 Å². The molecule has 2 atom stereocenters. The first-order valence-corrected chi connectivity index (χ1v) is 5.47. The Hall–Kier alpha value is -0.0800. The fraction of sp³-hybridized carbons (Fsp3) is 1.00. The van der Waals surface area contributed by atoms with Crippen molar-refractivity contribution in [2.24, 2.45) is 11.3 Å². The van der Waals surface area contributed by atoms with Crippen LogP contribution in [-0.4, -0.2) is 38.3 Å². The molecular weight excluding hydrogens is 162 g/mol. The number of piperidine rings is 1. The Balaban J connectivity index is 2.00. The fourth-order valence-corrected chi connectivity index (χ4v) is 3.07. The van der Waals surface area contributed by atoms with E-state index in [9.17, 15) is 0 Å². The van der Waals surface area contributed by atoms with E-state index in [0.717, 1.165) is 19.1 Å². The maximum absolute atomic E-state index is 5.70. The normalized spacial score (nSPS) is 42.5. The van der Waals surface area contributed by atoms with E-state index in [1.54, 1.807) is 0 Å². The van der Waals surface area contributed by atoms with Crippen LogP contribution in [0.1, 0.15) is 26.2 Å². The molecule has 0 radical (unpaired) electrons. The van der Waals surface area contributed by atoms with Gasteiger partial charge in [-0.1, -0.05) is 6.92 Å². The van der Waals surface area contributed by atoms with Crippen molar-refractivity contribution in [3.8, 4) is 0 Å². The lowest BCUT2D eigenvalue weighted by atomic mass is 9.73. The maximum atomic E-state index is 5.70. The smallest absolute Gasteiger partial charge is 0.0534 e. The Labute approximate surface area is 81.3 Å². The molecule has 2 heteroatoms. The van der Waals surface area contributed by atoms with Crippen molar-refractivity contribution < 1.29 is 4.74 Å². The van der Waals surface area contributed by atoms with Gasteiger partial charge in [0.2, 0.25) is 0 Å². The van der Waals surface area contributed by atoms with Gasteiger partial charge in [0.25, 0.3) is 0 Å². The number of ether oxygens (including phenoxy) is 1. The lowest BCUT2D eigenvalue weighted by Gasteiger charge is -2.45. The van der Waals surface area contributed by atoms with E-state index in [4.69, 9.17) is 4.74 Å². The molecule has 2 aliphatic rings. The summed E-state index contributed by atoms with van der Waals surface area (Å²) >= 11 is 0. The van der Waals surface area contributed by atoms with E-state index in [1.165, 1.54) is 32.4 Å². The van der Waals surface area contributed by atoms with Gasteiger partial charge in [-0.3, -0.25) is 0 Å². The third kappa shape index (κ3) is 2.05. The number of rotatable bonds is 0. The van der Waals surface area contributed by atoms with Crippen molar-refractivity contribution in [3.05, 3.63) is 0 Å². The third-order valence-corrected chi connectivity index (χ3v) is 3.44.